The van der Waals surface area contributed by atoms with Crippen molar-refractivity contribution in [3.63, 3.8) is 0 Å². The van der Waals surface area contributed by atoms with Gasteiger partial charge in [-0.05, 0) is 44.2 Å². The van der Waals surface area contributed by atoms with Gasteiger partial charge in [-0.3, -0.25) is 0 Å². The lowest BCUT2D eigenvalue weighted by molar-refractivity contribution is 0.415. The topological polar surface area (TPSA) is 47.0 Å². The molecule has 0 saturated heterocycles. The van der Waals surface area contributed by atoms with Gasteiger partial charge in [-0.1, -0.05) is 0 Å². The van der Waals surface area contributed by atoms with E-state index in [0.29, 0.717) is 22.8 Å². The first-order chi connectivity index (χ1) is 9.10. The summed E-state index contributed by atoms with van der Waals surface area (Å²) in [5.74, 6) is 0.927. The first-order valence-electron chi connectivity index (χ1n) is 6.04. The molecule has 1 aromatic carbocycles. The van der Waals surface area contributed by atoms with Crippen LogP contribution in [0.1, 0.15) is 13.8 Å². The average Bonchev–Trinajstić information content (AvgIpc) is 2.39. The van der Waals surface area contributed by atoms with Crippen LogP contribution in [-0.2, 0) is 0 Å². The number of nitrogens with one attached hydrogen (secondary N) is 1. The maximum atomic E-state index is 13.3. The van der Waals surface area contributed by atoms with Crippen LogP contribution in [0.25, 0.3) is 11.3 Å². The number of hydrogen-bond acceptors (Lipinski definition) is 4. The second-order valence-corrected chi connectivity index (χ2v) is 4.45. The highest BCUT2D eigenvalue weighted by Crippen LogP contribution is 2.29. The quantitative estimate of drug-likeness (QED) is 0.918. The first-order valence-corrected chi connectivity index (χ1v) is 6.04. The van der Waals surface area contributed by atoms with E-state index in [-0.39, 0.29) is 11.9 Å². The minimum Gasteiger partial charge on any atom is -0.496 e. The Morgan fingerprint density at radius 2 is 1.95 bits per heavy atom. The van der Waals surface area contributed by atoms with Gasteiger partial charge in [-0.15, -0.1) is 10.2 Å². The van der Waals surface area contributed by atoms with Crippen LogP contribution in [0.2, 0.25) is 0 Å². The van der Waals surface area contributed by atoms with Gasteiger partial charge in [0.1, 0.15) is 17.4 Å². The average molecular weight is 261 g/mol. The van der Waals surface area contributed by atoms with Crippen molar-refractivity contribution in [1.82, 2.24) is 10.2 Å². The van der Waals surface area contributed by atoms with Crippen LogP contribution in [0, 0.1) is 5.82 Å². The lowest BCUT2D eigenvalue weighted by Gasteiger charge is -2.10. The largest absolute Gasteiger partial charge is 0.496 e. The molecule has 4 nitrogen and oxygen atoms in total. The van der Waals surface area contributed by atoms with Crippen LogP contribution >= 0.6 is 0 Å². The highest BCUT2D eigenvalue weighted by Gasteiger charge is 2.09. The Labute approximate surface area is 111 Å². The molecule has 0 radical (unpaired) electrons. The van der Waals surface area contributed by atoms with E-state index >= 15 is 0 Å². The lowest BCUT2D eigenvalue weighted by atomic mass is 10.1. The zero-order valence-electron chi connectivity index (χ0n) is 11.1. The summed E-state index contributed by atoms with van der Waals surface area (Å²) in [5, 5.41) is 11.3. The molecule has 0 aliphatic rings. The zero-order chi connectivity index (χ0) is 13.8. The third-order valence-corrected chi connectivity index (χ3v) is 2.54. The Hall–Kier alpha value is -2.17. The Morgan fingerprint density at radius 3 is 2.53 bits per heavy atom. The molecule has 2 rings (SSSR count). The fourth-order valence-electron chi connectivity index (χ4n) is 1.73. The first kappa shape index (κ1) is 13.3. The molecule has 1 N–H and O–H groups in total. The molecule has 0 amide bonds. The van der Waals surface area contributed by atoms with E-state index < -0.39 is 0 Å². The monoisotopic (exact) mass is 261 g/mol. The second-order valence-electron chi connectivity index (χ2n) is 4.45. The molecule has 0 bridgehead atoms. The summed E-state index contributed by atoms with van der Waals surface area (Å²) in [5.41, 5.74) is 1.16. The van der Waals surface area contributed by atoms with Crippen molar-refractivity contribution in [2.24, 2.45) is 0 Å². The number of nitrogens with zero attached hydrogens (tertiary/aromatic N) is 2. The van der Waals surface area contributed by atoms with Crippen molar-refractivity contribution < 1.29 is 9.13 Å². The van der Waals surface area contributed by atoms with Gasteiger partial charge in [0.25, 0.3) is 0 Å². The molecule has 1 heterocycles. The predicted octanol–water partition coefficient (Wildman–Crippen LogP) is 3.11. The number of ether oxygens (including phenoxy) is 1. The number of anilines is 1. The molecule has 0 aliphatic heterocycles. The maximum absolute atomic E-state index is 13.3. The number of hydrogen-bond donors (Lipinski definition) is 1. The van der Waals surface area contributed by atoms with E-state index in [1.807, 2.05) is 19.9 Å². The van der Waals surface area contributed by atoms with E-state index in [1.165, 1.54) is 12.1 Å². The van der Waals surface area contributed by atoms with Crippen molar-refractivity contribution in [2.45, 2.75) is 19.9 Å². The van der Waals surface area contributed by atoms with Crippen LogP contribution in [0.4, 0.5) is 10.2 Å². The van der Waals surface area contributed by atoms with Crippen molar-refractivity contribution >= 4 is 5.82 Å². The number of aromatic nitrogens is 2. The number of rotatable bonds is 4. The van der Waals surface area contributed by atoms with Gasteiger partial charge in [-0.2, -0.15) is 0 Å². The normalized spacial score (nSPS) is 10.6. The summed E-state index contributed by atoms with van der Waals surface area (Å²) >= 11 is 0. The summed E-state index contributed by atoms with van der Waals surface area (Å²) in [4.78, 5) is 0. The second kappa shape index (κ2) is 5.65. The lowest BCUT2D eigenvalue weighted by Crippen LogP contribution is -2.11. The molecule has 0 saturated carbocycles. The van der Waals surface area contributed by atoms with Crippen molar-refractivity contribution in [3.05, 3.63) is 36.1 Å². The van der Waals surface area contributed by atoms with E-state index in [4.69, 9.17) is 4.74 Å². The predicted molar refractivity (Wildman–Crippen MR) is 72.7 cm³/mol. The van der Waals surface area contributed by atoms with E-state index in [9.17, 15) is 4.39 Å². The van der Waals surface area contributed by atoms with Crippen LogP contribution in [0.3, 0.4) is 0 Å². The fraction of sp³-hybridized carbons (Fsp3) is 0.286. The van der Waals surface area contributed by atoms with Crippen LogP contribution in [-0.4, -0.2) is 23.3 Å². The van der Waals surface area contributed by atoms with Crippen LogP contribution in [0.15, 0.2) is 30.3 Å². The molecular weight excluding hydrogens is 245 g/mol. The highest BCUT2D eigenvalue weighted by atomic mass is 19.1. The van der Waals surface area contributed by atoms with Gasteiger partial charge in [0.15, 0.2) is 0 Å². The van der Waals surface area contributed by atoms with Gasteiger partial charge in [0.2, 0.25) is 0 Å². The number of halogens is 1. The van der Waals surface area contributed by atoms with E-state index in [1.54, 1.807) is 19.2 Å². The van der Waals surface area contributed by atoms with E-state index in [0.717, 1.165) is 0 Å². The summed E-state index contributed by atoms with van der Waals surface area (Å²) in [6.45, 7) is 4.04. The molecule has 0 fully saturated rings. The minimum atomic E-state index is -0.331. The molecule has 100 valence electrons. The Balaban J connectivity index is 2.34. The third-order valence-electron chi connectivity index (χ3n) is 2.54. The number of benzene rings is 1. The molecule has 0 spiro atoms. The molecule has 19 heavy (non-hydrogen) atoms. The SMILES string of the molecule is COc1ccc(F)cc1-c1ccc(NC(C)C)nn1. The smallest absolute Gasteiger partial charge is 0.148 e. The summed E-state index contributed by atoms with van der Waals surface area (Å²) < 4.78 is 18.5. The molecular formula is C14H16FN3O. The standard InChI is InChI=1S/C14H16FN3O/c1-9(2)16-14-7-5-12(17-18-14)11-8-10(15)4-6-13(11)19-3/h4-9H,1-3H3,(H,16,18). The summed E-state index contributed by atoms with van der Waals surface area (Å²) in [6, 6.07) is 8.20. The Morgan fingerprint density at radius 1 is 1.16 bits per heavy atom. The van der Waals surface area contributed by atoms with Gasteiger partial charge >= 0.3 is 0 Å². The third kappa shape index (κ3) is 3.19. The molecule has 0 unspecified atom stereocenters. The molecule has 0 aliphatic carbocycles. The molecule has 1 aromatic heterocycles. The van der Waals surface area contributed by atoms with Gasteiger partial charge in [0, 0.05) is 11.6 Å². The molecule has 0 atom stereocenters. The van der Waals surface area contributed by atoms with E-state index in [2.05, 4.69) is 15.5 Å². The fourth-order valence-corrected chi connectivity index (χ4v) is 1.73. The molecule has 5 heteroatoms. The van der Waals surface area contributed by atoms with Crippen molar-refractivity contribution in [1.29, 1.82) is 0 Å². The zero-order valence-corrected chi connectivity index (χ0v) is 11.1. The van der Waals surface area contributed by atoms with Gasteiger partial charge in [0.05, 0.1) is 12.8 Å². The maximum Gasteiger partial charge on any atom is 0.148 e. The minimum absolute atomic E-state index is 0.281. The summed E-state index contributed by atoms with van der Waals surface area (Å²) in [6.07, 6.45) is 0. The van der Waals surface area contributed by atoms with Crippen LogP contribution < -0.4 is 10.1 Å². The Kier molecular flexibility index (Phi) is 3.94. The molecule has 2 aromatic rings. The van der Waals surface area contributed by atoms with Gasteiger partial charge < -0.3 is 10.1 Å². The van der Waals surface area contributed by atoms with Crippen molar-refractivity contribution in [3.8, 4) is 17.0 Å². The van der Waals surface area contributed by atoms with Crippen LogP contribution in [0.5, 0.6) is 5.75 Å². The summed E-state index contributed by atoms with van der Waals surface area (Å²) in [7, 11) is 1.54. The van der Waals surface area contributed by atoms with Gasteiger partial charge in [-0.25, -0.2) is 4.39 Å². The Bertz CT molecular complexity index is 555. The number of methoxy groups -OCH3 is 1. The highest BCUT2D eigenvalue weighted by molar-refractivity contribution is 5.67. The van der Waals surface area contributed by atoms with Crippen molar-refractivity contribution in [2.75, 3.05) is 12.4 Å².